The van der Waals surface area contributed by atoms with E-state index in [4.69, 9.17) is 0 Å². The van der Waals surface area contributed by atoms with Gasteiger partial charge in [0, 0.05) is 20.8 Å². The van der Waals surface area contributed by atoms with E-state index in [2.05, 4.69) is 53.1 Å². The van der Waals surface area contributed by atoms with Gasteiger partial charge in [-0.3, -0.25) is 4.79 Å². The molecule has 1 aliphatic carbocycles. The van der Waals surface area contributed by atoms with E-state index in [1.165, 1.54) is 12.8 Å². The number of hydrogen-bond acceptors (Lipinski definition) is 1. The first kappa shape index (κ1) is 14.5. The molecule has 1 N–H and O–H groups in total. The van der Waals surface area contributed by atoms with Crippen LogP contribution in [0.4, 0.5) is 0 Å². The molecule has 1 aliphatic rings. The SMILES string of the molecule is O=C(NCC1(CCBr)CC1)c1cc(Br)ccc1Br. The van der Waals surface area contributed by atoms with Crippen molar-refractivity contribution in [3.8, 4) is 0 Å². The van der Waals surface area contributed by atoms with Crippen LogP contribution in [0.15, 0.2) is 27.1 Å². The normalized spacial score (nSPS) is 16.4. The lowest BCUT2D eigenvalue weighted by Gasteiger charge is -2.15. The monoisotopic (exact) mass is 437 g/mol. The van der Waals surface area contributed by atoms with Crippen LogP contribution < -0.4 is 5.32 Å². The van der Waals surface area contributed by atoms with Gasteiger partial charge in [-0.15, -0.1) is 0 Å². The van der Waals surface area contributed by atoms with Crippen molar-refractivity contribution in [1.29, 1.82) is 0 Å². The van der Waals surface area contributed by atoms with Crippen molar-refractivity contribution >= 4 is 53.7 Å². The zero-order chi connectivity index (χ0) is 13.2. The zero-order valence-electron chi connectivity index (χ0n) is 9.81. The van der Waals surface area contributed by atoms with Gasteiger partial charge in [0.2, 0.25) is 0 Å². The summed E-state index contributed by atoms with van der Waals surface area (Å²) in [6, 6.07) is 5.63. The lowest BCUT2D eigenvalue weighted by Crippen LogP contribution is -2.30. The van der Waals surface area contributed by atoms with Crippen LogP contribution in [-0.2, 0) is 0 Å². The number of nitrogens with one attached hydrogen (secondary N) is 1. The Morgan fingerprint density at radius 3 is 2.67 bits per heavy atom. The maximum absolute atomic E-state index is 12.1. The topological polar surface area (TPSA) is 29.1 Å². The van der Waals surface area contributed by atoms with E-state index in [9.17, 15) is 4.79 Å². The van der Waals surface area contributed by atoms with Crippen molar-refractivity contribution in [1.82, 2.24) is 5.32 Å². The lowest BCUT2D eigenvalue weighted by atomic mass is 10.0. The molecule has 98 valence electrons. The Morgan fingerprint density at radius 2 is 2.06 bits per heavy atom. The number of halogens is 3. The van der Waals surface area contributed by atoms with Crippen molar-refractivity contribution in [2.45, 2.75) is 19.3 Å². The maximum atomic E-state index is 12.1. The highest BCUT2D eigenvalue weighted by atomic mass is 79.9. The number of carbonyl (C=O) groups is 1. The molecule has 2 rings (SSSR count). The highest BCUT2D eigenvalue weighted by Crippen LogP contribution is 2.48. The third-order valence-electron chi connectivity index (χ3n) is 3.38. The molecule has 0 unspecified atom stereocenters. The molecule has 0 heterocycles. The van der Waals surface area contributed by atoms with Crippen LogP contribution in [0.3, 0.4) is 0 Å². The first-order valence-corrected chi connectivity index (χ1v) is 8.56. The van der Waals surface area contributed by atoms with Crippen LogP contribution in [0.25, 0.3) is 0 Å². The Kier molecular flexibility index (Phi) is 4.89. The van der Waals surface area contributed by atoms with Crippen LogP contribution in [0, 0.1) is 5.41 Å². The fourth-order valence-electron chi connectivity index (χ4n) is 1.93. The van der Waals surface area contributed by atoms with Gasteiger partial charge in [-0.25, -0.2) is 0 Å². The van der Waals surface area contributed by atoms with Gasteiger partial charge in [-0.05, 0) is 58.8 Å². The van der Waals surface area contributed by atoms with E-state index in [-0.39, 0.29) is 5.91 Å². The van der Waals surface area contributed by atoms with Gasteiger partial charge in [0.1, 0.15) is 0 Å². The number of benzene rings is 1. The fraction of sp³-hybridized carbons (Fsp3) is 0.462. The molecule has 5 heteroatoms. The van der Waals surface area contributed by atoms with E-state index < -0.39 is 0 Å². The molecule has 18 heavy (non-hydrogen) atoms. The fourth-order valence-corrected chi connectivity index (χ4v) is 3.56. The summed E-state index contributed by atoms with van der Waals surface area (Å²) in [6.45, 7) is 0.774. The zero-order valence-corrected chi connectivity index (χ0v) is 14.6. The molecule has 0 saturated heterocycles. The van der Waals surface area contributed by atoms with Crippen molar-refractivity contribution in [2.75, 3.05) is 11.9 Å². The van der Waals surface area contributed by atoms with E-state index >= 15 is 0 Å². The summed E-state index contributed by atoms with van der Waals surface area (Å²) in [5.74, 6) is -0.0102. The second kappa shape index (κ2) is 6.06. The number of carbonyl (C=O) groups excluding carboxylic acids is 1. The molecule has 0 bridgehead atoms. The Balaban J connectivity index is 1.98. The van der Waals surface area contributed by atoms with Crippen molar-refractivity contribution < 1.29 is 4.79 Å². The number of amides is 1. The summed E-state index contributed by atoms with van der Waals surface area (Å²) in [5, 5.41) is 4.05. The number of rotatable bonds is 5. The van der Waals surface area contributed by atoms with Gasteiger partial charge in [0.25, 0.3) is 5.91 Å². The van der Waals surface area contributed by atoms with Crippen LogP contribution in [0.2, 0.25) is 0 Å². The highest BCUT2D eigenvalue weighted by Gasteiger charge is 2.41. The minimum absolute atomic E-state index is 0.0102. The number of hydrogen-bond donors (Lipinski definition) is 1. The second-order valence-electron chi connectivity index (χ2n) is 4.75. The van der Waals surface area contributed by atoms with Crippen LogP contribution in [0.1, 0.15) is 29.6 Å². The summed E-state index contributed by atoms with van der Waals surface area (Å²) in [4.78, 5) is 12.1. The average molecular weight is 440 g/mol. The van der Waals surface area contributed by atoms with E-state index in [0.717, 1.165) is 27.2 Å². The summed E-state index contributed by atoms with van der Waals surface area (Å²) < 4.78 is 1.74. The van der Waals surface area contributed by atoms with Gasteiger partial charge in [-0.2, -0.15) is 0 Å². The third-order valence-corrected chi connectivity index (χ3v) is 4.96. The van der Waals surface area contributed by atoms with Gasteiger partial charge < -0.3 is 5.32 Å². The minimum Gasteiger partial charge on any atom is -0.351 e. The second-order valence-corrected chi connectivity index (χ2v) is 7.31. The first-order chi connectivity index (χ1) is 8.56. The molecule has 0 atom stereocenters. The smallest absolute Gasteiger partial charge is 0.252 e. The molecular formula is C13H14Br3NO. The first-order valence-electron chi connectivity index (χ1n) is 5.86. The van der Waals surface area contributed by atoms with E-state index in [0.29, 0.717) is 11.0 Å². The van der Waals surface area contributed by atoms with E-state index in [1.807, 2.05) is 18.2 Å². The molecule has 1 saturated carbocycles. The lowest BCUT2D eigenvalue weighted by molar-refractivity contribution is 0.0943. The van der Waals surface area contributed by atoms with Crippen LogP contribution >= 0.6 is 47.8 Å². The molecule has 0 radical (unpaired) electrons. The Labute approximate surface area is 132 Å². The van der Waals surface area contributed by atoms with Crippen LogP contribution in [0.5, 0.6) is 0 Å². The Bertz CT molecular complexity index is 458. The van der Waals surface area contributed by atoms with Gasteiger partial charge in [-0.1, -0.05) is 31.9 Å². The quantitative estimate of drug-likeness (QED) is 0.672. The predicted molar refractivity (Wildman–Crippen MR) is 84.3 cm³/mol. The van der Waals surface area contributed by atoms with Crippen LogP contribution in [-0.4, -0.2) is 17.8 Å². The Morgan fingerprint density at radius 1 is 1.33 bits per heavy atom. The molecule has 1 amide bonds. The van der Waals surface area contributed by atoms with Crippen molar-refractivity contribution in [3.05, 3.63) is 32.7 Å². The number of alkyl halides is 1. The molecule has 1 aromatic rings. The van der Waals surface area contributed by atoms with E-state index in [1.54, 1.807) is 0 Å². The summed E-state index contributed by atoms with van der Waals surface area (Å²) in [6.07, 6.45) is 3.57. The molecule has 0 aliphatic heterocycles. The largest absolute Gasteiger partial charge is 0.351 e. The summed E-state index contributed by atoms with van der Waals surface area (Å²) in [7, 11) is 0. The molecular weight excluding hydrogens is 426 g/mol. The Hall–Kier alpha value is 0.130. The van der Waals surface area contributed by atoms with Crippen molar-refractivity contribution in [3.63, 3.8) is 0 Å². The minimum atomic E-state index is -0.0102. The van der Waals surface area contributed by atoms with Gasteiger partial charge in [0.05, 0.1) is 5.56 Å². The molecule has 1 fully saturated rings. The maximum Gasteiger partial charge on any atom is 0.252 e. The standard InChI is InChI=1S/C13H14Br3NO/c14-6-5-13(3-4-13)8-17-12(18)10-7-9(15)1-2-11(10)16/h1-2,7H,3-6,8H2,(H,17,18). The van der Waals surface area contributed by atoms with Gasteiger partial charge in [0.15, 0.2) is 0 Å². The predicted octanol–water partition coefficient (Wildman–Crippen LogP) is 4.51. The third kappa shape index (κ3) is 3.58. The average Bonchev–Trinajstić information content (AvgIpc) is 3.10. The summed E-state index contributed by atoms with van der Waals surface area (Å²) in [5.41, 5.74) is 1.02. The molecule has 1 aromatic carbocycles. The highest BCUT2D eigenvalue weighted by molar-refractivity contribution is 9.11. The van der Waals surface area contributed by atoms with Gasteiger partial charge >= 0.3 is 0 Å². The molecule has 0 aromatic heterocycles. The molecule has 0 spiro atoms. The molecule has 2 nitrogen and oxygen atoms in total. The summed E-state index contributed by atoms with van der Waals surface area (Å²) >= 11 is 10.3. The van der Waals surface area contributed by atoms with Crippen molar-refractivity contribution in [2.24, 2.45) is 5.41 Å².